The summed E-state index contributed by atoms with van der Waals surface area (Å²) in [5, 5.41) is 0. The molecule has 0 bridgehead atoms. The van der Waals surface area contributed by atoms with Gasteiger partial charge in [-0.05, 0) is 40.5 Å². The monoisotopic (exact) mass is 171 g/mol. The van der Waals surface area contributed by atoms with Crippen LogP contribution in [0.3, 0.4) is 0 Å². The molecule has 3 heteroatoms. The van der Waals surface area contributed by atoms with E-state index >= 15 is 0 Å². The SMILES string of the molecule is C[C@H](N)C1CN(C)CCCN1C. The highest BCUT2D eigenvalue weighted by molar-refractivity contribution is 4.82. The van der Waals surface area contributed by atoms with Crippen LogP contribution in [-0.4, -0.2) is 55.6 Å². The average molecular weight is 171 g/mol. The Kier molecular flexibility index (Phi) is 3.50. The van der Waals surface area contributed by atoms with Crippen LogP contribution in [-0.2, 0) is 0 Å². The number of rotatable bonds is 1. The zero-order chi connectivity index (χ0) is 9.14. The summed E-state index contributed by atoms with van der Waals surface area (Å²) in [6, 6.07) is 0.799. The van der Waals surface area contributed by atoms with Gasteiger partial charge in [0, 0.05) is 18.6 Å². The van der Waals surface area contributed by atoms with Crippen LogP contribution in [0.25, 0.3) is 0 Å². The summed E-state index contributed by atoms with van der Waals surface area (Å²) < 4.78 is 0. The number of hydrogen-bond acceptors (Lipinski definition) is 3. The molecule has 1 unspecified atom stereocenters. The van der Waals surface area contributed by atoms with Crippen LogP contribution in [0.5, 0.6) is 0 Å². The molecule has 2 atom stereocenters. The predicted molar refractivity (Wildman–Crippen MR) is 52.2 cm³/mol. The highest BCUT2D eigenvalue weighted by Gasteiger charge is 2.22. The maximum atomic E-state index is 5.92. The molecule has 1 heterocycles. The quantitative estimate of drug-likeness (QED) is 0.601. The van der Waals surface area contributed by atoms with Crippen LogP contribution < -0.4 is 5.73 Å². The van der Waals surface area contributed by atoms with Crippen molar-refractivity contribution in [3.63, 3.8) is 0 Å². The Labute approximate surface area is 75.5 Å². The lowest BCUT2D eigenvalue weighted by atomic mass is 10.1. The normalized spacial score (nSPS) is 31.5. The molecule has 1 aliphatic rings. The molecule has 0 aromatic heterocycles. The molecule has 2 N–H and O–H groups in total. The summed E-state index contributed by atoms with van der Waals surface area (Å²) in [5.74, 6) is 0. The molecule has 3 nitrogen and oxygen atoms in total. The van der Waals surface area contributed by atoms with Gasteiger partial charge in [-0.1, -0.05) is 0 Å². The van der Waals surface area contributed by atoms with Crippen molar-refractivity contribution in [1.82, 2.24) is 9.80 Å². The van der Waals surface area contributed by atoms with Gasteiger partial charge in [0.25, 0.3) is 0 Å². The van der Waals surface area contributed by atoms with E-state index in [0.29, 0.717) is 6.04 Å². The fourth-order valence-corrected chi connectivity index (χ4v) is 1.87. The van der Waals surface area contributed by atoms with Gasteiger partial charge in [0.15, 0.2) is 0 Å². The first-order chi connectivity index (χ1) is 5.61. The molecule has 1 aliphatic heterocycles. The van der Waals surface area contributed by atoms with E-state index in [2.05, 4.69) is 30.8 Å². The first-order valence-corrected chi connectivity index (χ1v) is 4.75. The highest BCUT2D eigenvalue weighted by atomic mass is 15.2. The largest absolute Gasteiger partial charge is 0.326 e. The maximum Gasteiger partial charge on any atom is 0.0368 e. The fourth-order valence-electron chi connectivity index (χ4n) is 1.87. The van der Waals surface area contributed by atoms with Crippen molar-refractivity contribution < 1.29 is 0 Å². The van der Waals surface area contributed by atoms with Gasteiger partial charge in [0.05, 0.1) is 0 Å². The van der Waals surface area contributed by atoms with Crippen LogP contribution in [0, 0.1) is 0 Å². The molecule has 1 fully saturated rings. The number of likely N-dealkylation sites (N-methyl/N-ethyl adjacent to an activating group) is 2. The molecule has 72 valence electrons. The Morgan fingerprint density at radius 1 is 1.33 bits per heavy atom. The zero-order valence-electron chi connectivity index (χ0n) is 8.45. The molecule has 0 aromatic rings. The van der Waals surface area contributed by atoms with Crippen molar-refractivity contribution in [2.24, 2.45) is 5.73 Å². The van der Waals surface area contributed by atoms with Crippen molar-refractivity contribution >= 4 is 0 Å². The smallest absolute Gasteiger partial charge is 0.0368 e. The topological polar surface area (TPSA) is 32.5 Å². The van der Waals surface area contributed by atoms with Gasteiger partial charge in [-0.25, -0.2) is 0 Å². The van der Waals surface area contributed by atoms with Crippen LogP contribution >= 0.6 is 0 Å². The van der Waals surface area contributed by atoms with Crippen molar-refractivity contribution in [2.45, 2.75) is 25.4 Å². The highest BCUT2D eigenvalue weighted by Crippen LogP contribution is 2.08. The lowest BCUT2D eigenvalue weighted by Gasteiger charge is -2.30. The summed E-state index contributed by atoms with van der Waals surface area (Å²) in [7, 11) is 4.35. The van der Waals surface area contributed by atoms with Crippen molar-refractivity contribution in [1.29, 1.82) is 0 Å². The van der Waals surface area contributed by atoms with E-state index in [0.717, 1.165) is 6.54 Å². The van der Waals surface area contributed by atoms with Gasteiger partial charge < -0.3 is 15.5 Å². The Morgan fingerprint density at radius 2 is 2.00 bits per heavy atom. The van der Waals surface area contributed by atoms with Crippen LogP contribution in [0.1, 0.15) is 13.3 Å². The summed E-state index contributed by atoms with van der Waals surface area (Å²) in [6.45, 7) is 5.58. The number of hydrogen-bond donors (Lipinski definition) is 1. The van der Waals surface area contributed by atoms with E-state index in [1.807, 2.05) is 0 Å². The minimum atomic E-state index is 0.274. The first-order valence-electron chi connectivity index (χ1n) is 4.75. The minimum absolute atomic E-state index is 0.274. The number of nitrogens with zero attached hydrogens (tertiary/aromatic N) is 2. The van der Waals surface area contributed by atoms with E-state index in [-0.39, 0.29) is 6.04 Å². The number of nitrogens with two attached hydrogens (primary N) is 1. The van der Waals surface area contributed by atoms with Crippen LogP contribution in [0.15, 0.2) is 0 Å². The van der Waals surface area contributed by atoms with Crippen LogP contribution in [0.4, 0.5) is 0 Å². The third kappa shape index (κ3) is 2.44. The summed E-state index contributed by atoms with van der Waals surface area (Å²) >= 11 is 0. The summed E-state index contributed by atoms with van der Waals surface area (Å²) in [5.41, 5.74) is 5.92. The predicted octanol–water partition coefficient (Wildman–Crippen LogP) is -0.0305. The third-order valence-corrected chi connectivity index (χ3v) is 2.72. The minimum Gasteiger partial charge on any atom is -0.326 e. The second-order valence-corrected chi connectivity index (χ2v) is 4.02. The van der Waals surface area contributed by atoms with Crippen molar-refractivity contribution in [3.05, 3.63) is 0 Å². The van der Waals surface area contributed by atoms with E-state index in [9.17, 15) is 0 Å². The van der Waals surface area contributed by atoms with Gasteiger partial charge in [-0.15, -0.1) is 0 Å². The molecule has 0 spiro atoms. The Hall–Kier alpha value is -0.120. The molecular formula is C9H21N3. The Balaban J connectivity index is 2.54. The molecule has 0 amide bonds. The van der Waals surface area contributed by atoms with Gasteiger partial charge in [0.2, 0.25) is 0 Å². The second-order valence-electron chi connectivity index (χ2n) is 4.02. The van der Waals surface area contributed by atoms with E-state index < -0.39 is 0 Å². The third-order valence-electron chi connectivity index (χ3n) is 2.72. The standard InChI is InChI=1S/C9H21N3/c1-8(10)9-7-11(2)5-4-6-12(9)3/h8-9H,4-7,10H2,1-3H3/t8-,9?/m0/s1. The molecular weight excluding hydrogens is 150 g/mol. The molecule has 1 rings (SSSR count). The fraction of sp³-hybridized carbons (Fsp3) is 1.00. The molecule has 0 aliphatic carbocycles. The zero-order valence-corrected chi connectivity index (χ0v) is 8.45. The summed E-state index contributed by atoms with van der Waals surface area (Å²) in [4.78, 5) is 4.76. The Morgan fingerprint density at radius 3 is 2.58 bits per heavy atom. The van der Waals surface area contributed by atoms with Gasteiger partial charge in [0.1, 0.15) is 0 Å². The van der Waals surface area contributed by atoms with Crippen molar-refractivity contribution in [2.75, 3.05) is 33.7 Å². The van der Waals surface area contributed by atoms with Crippen molar-refractivity contribution in [3.8, 4) is 0 Å². The van der Waals surface area contributed by atoms with E-state index in [1.165, 1.54) is 19.5 Å². The summed E-state index contributed by atoms with van der Waals surface area (Å²) in [6.07, 6.45) is 1.26. The van der Waals surface area contributed by atoms with Gasteiger partial charge in [-0.2, -0.15) is 0 Å². The van der Waals surface area contributed by atoms with E-state index in [4.69, 9.17) is 5.73 Å². The maximum absolute atomic E-state index is 5.92. The first kappa shape index (κ1) is 9.96. The average Bonchev–Trinajstić information content (AvgIpc) is 2.13. The molecule has 1 saturated heterocycles. The lowest BCUT2D eigenvalue weighted by Crippen LogP contribution is -2.48. The molecule has 0 radical (unpaired) electrons. The van der Waals surface area contributed by atoms with E-state index in [1.54, 1.807) is 0 Å². The Bertz CT molecular complexity index is 136. The molecule has 0 saturated carbocycles. The second kappa shape index (κ2) is 4.21. The van der Waals surface area contributed by atoms with Gasteiger partial charge >= 0.3 is 0 Å². The molecule has 12 heavy (non-hydrogen) atoms. The lowest BCUT2D eigenvalue weighted by molar-refractivity contribution is 0.202. The molecule has 0 aromatic carbocycles. The van der Waals surface area contributed by atoms with Crippen LogP contribution in [0.2, 0.25) is 0 Å². The van der Waals surface area contributed by atoms with Gasteiger partial charge in [-0.3, -0.25) is 0 Å².